The summed E-state index contributed by atoms with van der Waals surface area (Å²) in [4.78, 5) is 18.2. The molecule has 0 aliphatic carbocycles. The fraction of sp³-hybridized carbons (Fsp3) is 0.300. The first kappa shape index (κ1) is 22.8. The molecule has 0 saturated heterocycles. The third-order valence-electron chi connectivity index (χ3n) is 3.69. The zero-order valence-electron chi connectivity index (χ0n) is 16.3. The summed E-state index contributed by atoms with van der Waals surface area (Å²) in [7, 11) is 4.86. The zero-order valence-corrected chi connectivity index (χ0v) is 16.3. The van der Waals surface area contributed by atoms with Crippen molar-refractivity contribution in [3.05, 3.63) is 53.1 Å². The standard InChI is InChI=1S/C18H23NO3.C2H2O4/c1-13-5-7-14(8-6-13)11-19-12-15-9-16(20-2)18(22-4)17(10-15)21-3;3-1(4)2(5)6/h5-10,19H,11-12H2,1-4H3;(H,3,4)(H,5,6). The van der Waals surface area contributed by atoms with Gasteiger partial charge in [0.05, 0.1) is 21.3 Å². The number of carboxylic acids is 2. The van der Waals surface area contributed by atoms with Crippen LogP contribution in [0.1, 0.15) is 16.7 Å². The minimum Gasteiger partial charge on any atom is -0.493 e. The molecule has 0 aromatic heterocycles. The quantitative estimate of drug-likeness (QED) is 0.617. The number of benzene rings is 2. The Morgan fingerprint density at radius 2 is 1.29 bits per heavy atom. The highest BCUT2D eigenvalue weighted by molar-refractivity contribution is 6.27. The largest absolute Gasteiger partial charge is 0.493 e. The van der Waals surface area contributed by atoms with Crippen molar-refractivity contribution in [2.75, 3.05) is 21.3 Å². The minimum absolute atomic E-state index is 0.618. The average molecular weight is 391 g/mol. The van der Waals surface area contributed by atoms with Gasteiger partial charge in [-0.3, -0.25) is 0 Å². The Morgan fingerprint density at radius 3 is 1.68 bits per heavy atom. The van der Waals surface area contributed by atoms with Crippen LogP contribution in [-0.2, 0) is 22.7 Å². The van der Waals surface area contributed by atoms with Crippen LogP contribution in [0.5, 0.6) is 17.2 Å². The first-order valence-electron chi connectivity index (χ1n) is 8.33. The molecule has 0 saturated carbocycles. The van der Waals surface area contributed by atoms with Crippen LogP contribution < -0.4 is 19.5 Å². The van der Waals surface area contributed by atoms with Crippen LogP contribution >= 0.6 is 0 Å². The van der Waals surface area contributed by atoms with E-state index in [1.165, 1.54) is 11.1 Å². The first-order chi connectivity index (χ1) is 13.3. The van der Waals surface area contributed by atoms with Gasteiger partial charge in [-0.15, -0.1) is 0 Å². The van der Waals surface area contributed by atoms with Crippen molar-refractivity contribution in [2.24, 2.45) is 0 Å². The molecule has 0 aliphatic rings. The molecule has 0 amide bonds. The molecule has 2 aromatic carbocycles. The molecule has 152 valence electrons. The number of hydrogen-bond acceptors (Lipinski definition) is 6. The highest BCUT2D eigenvalue weighted by Crippen LogP contribution is 2.38. The second-order valence-corrected chi connectivity index (χ2v) is 5.73. The fourth-order valence-corrected chi connectivity index (χ4v) is 2.29. The van der Waals surface area contributed by atoms with Crippen molar-refractivity contribution in [3.8, 4) is 17.2 Å². The molecule has 0 atom stereocenters. The van der Waals surface area contributed by atoms with Gasteiger partial charge in [-0.25, -0.2) is 9.59 Å². The van der Waals surface area contributed by atoms with Gasteiger partial charge in [0, 0.05) is 13.1 Å². The van der Waals surface area contributed by atoms with E-state index in [4.69, 9.17) is 34.0 Å². The van der Waals surface area contributed by atoms with Crippen molar-refractivity contribution in [2.45, 2.75) is 20.0 Å². The number of methoxy groups -OCH3 is 3. The van der Waals surface area contributed by atoms with E-state index in [9.17, 15) is 0 Å². The Labute approximate surface area is 163 Å². The van der Waals surface area contributed by atoms with Gasteiger partial charge in [-0.2, -0.15) is 0 Å². The molecule has 0 bridgehead atoms. The van der Waals surface area contributed by atoms with Gasteiger partial charge in [0.25, 0.3) is 0 Å². The monoisotopic (exact) mass is 391 g/mol. The number of ether oxygens (including phenoxy) is 3. The molecule has 0 unspecified atom stereocenters. The molecule has 0 spiro atoms. The number of carboxylic acid groups (broad SMARTS) is 2. The van der Waals surface area contributed by atoms with E-state index >= 15 is 0 Å². The molecule has 2 rings (SSSR count). The highest BCUT2D eigenvalue weighted by atomic mass is 16.5. The Kier molecular flexibility index (Phi) is 9.32. The second kappa shape index (κ2) is 11.5. The summed E-state index contributed by atoms with van der Waals surface area (Å²) in [5, 5.41) is 18.2. The van der Waals surface area contributed by atoms with Gasteiger partial charge in [-0.1, -0.05) is 29.8 Å². The van der Waals surface area contributed by atoms with Crippen molar-refractivity contribution in [1.29, 1.82) is 0 Å². The van der Waals surface area contributed by atoms with E-state index in [1.807, 2.05) is 12.1 Å². The smallest absolute Gasteiger partial charge is 0.414 e. The first-order valence-corrected chi connectivity index (χ1v) is 8.33. The SMILES string of the molecule is COc1cc(CNCc2ccc(C)cc2)cc(OC)c1OC.O=C(O)C(=O)O. The third-order valence-corrected chi connectivity index (χ3v) is 3.69. The minimum atomic E-state index is -1.82. The van der Waals surface area contributed by atoms with Gasteiger partial charge < -0.3 is 29.7 Å². The van der Waals surface area contributed by atoms with Crippen LogP contribution in [0.3, 0.4) is 0 Å². The molecular weight excluding hydrogens is 366 g/mol. The maximum absolute atomic E-state index is 9.10. The topological polar surface area (TPSA) is 114 Å². The fourth-order valence-electron chi connectivity index (χ4n) is 2.29. The number of aryl methyl sites for hydroxylation is 1. The van der Waals surface area contributed by atoms with E-state index in [1.54, 1.807) is 21.3 Å². The van der Waals surface area contributed by atoms with Crippen molar-refractivity contribution in [3.63, 3.8) is 0 Å². The average Bonchev–Trinajstić information content (AvgIpc) is 2.69. The maximum Gasteiger partial charge on any atom is 0.414 e. The van der Waals surface area contributed by atoms with Gasteiger partial charge in [-0.05, 0) is 30.2 Å². The summed E-state index contributed by atoms with van der Waals surface area (Å²) >= 11 is 0. The van der Waals surface area contributed by atoms with E-state index in [-0.39, 0.29) is 0 Å². The van der Waals surface area contributed by atoms with Gasteiger partial charge in [0.2, 0.25) is 5.75 Å². The maximum atomic E-state index is 9.10. The van der Waals surface area contributed by atoms with Gasteiger partial charge >= 0.3 is 11.9 Å². The number of nitrogens with one attached hydrogen (secondary N) is 1. The van der Waals surface area contributed by atoms with Crippen LogP contribution in [0.4, 0.5) is 0 Å². The molecule has 0 fully saturated rings. The predicted octanol–water partition coefficient (Wildman–Crippen LogP) is 2.47. The molecule has 0 radical (unpaired) electrons. The van der Waals surface area contributed by atoms with E-state index in [0.717, 1.165) is 18.7 Å². The second-order valence-electron chi connectivity index (χ2n) is 5.73. The van der Waals surface area contributed by atoms with Crippen LogP contribution in [0.2, 0.25) is 0 Å². The van der Waals surface area contributed by atoms with Crippen LogP contribution in [0, 0.1) is 6.92 Å². The molecule has 8 heteroatoms. The van der Waals surface area contributed by atoms with Gasteiger partial charge in [0.1, 0.15) is 0 Å². The summed E-state index contributed by atoms with van der Waals surface area (Å²) in [5.41, 5.74) is 3.62. The molecule has 28 heavy (non-hydrogen) atoms. The molecule has 0 aliphatic heterocycles. The lowest BCUT2D eigenvalue weighted by Crippen LogP contribution is -2.13. The zero-order chi connectivity index (χ0) is 21.1. The van der Waals surface area contributed by atoms with Crippen LogP contribution in [-0.4, -0.2) is 43.5 Å². The molecular formula is C20H25NO7. The molecule has 8 nitrogen and oxygen atoms in total. The van der Waals surface area contributed by atoms with Crippen molar-refractivity contribution < 1.29 is 34.0 Å². The summed E-state index contributed by atoms with van der Waals surface area (Å²) in [6.45, 7) is 3.63. The summed E-state index contributed by atoms with van der Waals surface area (Å²) < 4.78 is 16.1. The number of carbonyl (C=O) groups is 2. The van der Waals surface area contributed by atoms with E-state index in [0.29, 0.717) is 17.2 Å². The van der Waals surface area contributed by atoms with Crippen LogP contribution in [0.25, 0.3) is 0 Å². The predicted molar refractivity (Wildman–Crippen MR) is 103 cm³/mol. The number of rotatable bonds is 7. The normalized spacial score (nSPS) is 9.71. The Hall–Kier alpha value is -3.26. The summed E-state index contributed by atoms with van der Waals surface area (Å²) in [5.74, 6) is -1.68. The molecule has 3 N–H and O–H groups in total. The molecule has 2 aromatic rings. The lowest BCUT2D eigenvalue weighted by molar-refractivity contribution is -0.159. The van der Waals surface area contributed by atoms with E-state index < -0.39 is 11.9 Å². The lowest BCUT2D eigenvalue weighted by Gasteiger charge is -2.14. The van der Waals surface area contributed by atoms with Crippen LogP contribution in [0.15, 0.2) is 36.4 Å². The molecule has 0 heterocycles. The Morgan fingerprint density at radius 1 is 0.821 bits per heavy atom. The number of aliphatic carboxylic acids is 2. The Balaban J connectivity index is 0.000000568. The third kappa shape index (κ3) is 7.16. The number of hydrogen-bond donors (Lipinski definition) is 3. The Bertz CT molecular complexity index is 751. The van der Waals surface area contributed by atoms with Gasteiger partial charge in [0.15, 0.2) is 11.5 Å². The summed E-state index contributed by atoms with van der Waals surface area (Å²) in [6, 6.07) is 12.4. The van der Waals surface area contributed by atoms with E-state index in [2.05, 4.69) is 36.5 Å². The van der Waals surface area contributed by atoms with Crippen molar-refractivity contribution >= 4 is 11.9 Å². The highest BCUT2D eigenvalue weighted by Gasteiger charge is 2.12. The lowest BCUT2D eigenvalue weighted by atomic mass is 10.1. The summed E-state index contributed by atoms with van der Waals surface area (Å²) in [6.07, 6.45) is 0. The van der Waals surface area contributed by atoms with Crippen molar-refractivity contribution in [1.82, 2.24) is 5.32 Å².